The van der Waals surface area contributed by atoms with Crippen molar-refractivity contribution in [3.05, 3.63) is 87.9 Å². The molecular weight excluding hydrogens is 424 g/mol. The molecule has 0 aliphatic carbocycles. The normalized spacial score (nSPS) is 12.6. The summed E-state index contributed by atoms with van der Waals surface area (Å²) in [5, 5.41) is 21.6. The van der Waals surface area contributed by atoms with Crippen molar-refractivity contribution in [2.45, 2.75) is 0 Å². The lowest BCUT2D eigenvalue weighted by atomic mass is 10.0. The first-order valence-corrected chi connectivity index (χ1v) is 9.30. The van der Waals surface area contributed by atoms with E-state index in [4.69, 9.17) is 11.6 Å². The Bertz CT molecular complexity index is 1290. The number of carboxylic acid groups (broad SMARTS) is 1. The van der Waals surface area contributed by atoms with Crippen LogP contribution in [0.2, 0.25) is 5.02 Å². The van der Waals surface area contributed by atoms with E-state index in [0.29, 0.717) is 0 Å². The van der Waals surface area contributed by atoms with E-state index in [-0.39, 0.29) is 44.4 Å². The molecule has 1 aliphatic rings. The zero-order valence-electron chi connectivity index (χ0n) is 15.6. The number of carbonyl (C=O) groups is 4. The van der Waals surface area contributed by atoms with E-state index in [1.165, 1.54) is 60.7 Å². The maximum absolute atomic E-state index is 12.8. The summed E-state index contributed by atoms with van der Waals surface area (Å²) in [5.74, 6) is -3.26. The van der Waals surface area contributed by atoms with Gasteiger partial charge in [0.1, 0.15) is 5.75 Å². The lowest BCUT2D eigenvalue weighted by Crippen LogP contribution is -2.29. The third-order valence-electron chi connectivity index (χ3n) is 4.70. The molecule has 8 nitrogen and oxygen atoms in total. The van der Waals surface area contributed by atoms with Gasteiger partial charge in [-0.3, -0.25) is 14.4 Å². The van der Waals surface area contributed by atoms with E-state index < -0.39 is 23.7 Å². The zero-order chi connectivity index (χ0) is 22.3. The highest BCUT2D eigenvalue weighted by atomic mass is 35.5. The van der Waals surface area contributed by atoms with Crippen LogP contribution < -0.4 is 10.2 Å². The topological polar surface area (TPSA) is 124 Å². The van der Waals surface area contributed by atoms with Crippen molar-refractivity contribution < 1.29 is 29.4 Å². The van der Waals surface area contributed by atoms with Gasteiger partial charge in [0.25, 0.3) is 17.7 Å². The van der Waals surface area contributed by atoms with E-state index in [9.17, 15) is 29.4 Å². The minimum atomic E-state index is -1.25. The number of rotatable bonds is 4. The van der Waals surface area contributed by atoms with Gasteiger partial charge in [0.15, 0.2) is 0 Å². The molecule has 4 rings (SSSR count). The number of fused-ring (bicyclic) bond motifs is 1. The number of phenols is 1. The highest BCUT2D eigenvalue weighted by Crippen LogP contribution is 2.31. The van der Waals surface area contributed by atoms with Gasteiger partial charge in [-0.25, -0.2) is 9.69 Å². The molecule has 1 heterocycles. The number of halogens is 1. The number of anilines is 2. The molecule has 154 valence electrons. The lowest BCUT2D eigenvalue weighted by Gasteiger charge is -2.13. The second kappa shape index (κ2) is 7.58. The fourth-order valence-corrected chi connectivity index (χ4v) is 3.42. The number of carbonyl (C=O) groups excluding carboxylic acids is 3. The molecule has 3 N–H and O–H groups in total. The number of nitrogens with zero attached hydrogens (tertiary/aromatic N) is 1. The Hall–Kier alpha value is -4.17. The summed E-state index contributed by atoms with van der Waals surface area (Å²) >= 11 is 5.90. The van der Waals surface area contributed by atoms with Gasteiger partial charge in [-0.1, -0.05) is 17.7 Å². The summed E-state index contributed by atoms with van der Waals surface area (Å²) in [6.07, 6.45) is 0. The Morgan fingerprint density at radius 1 is 0.903 bits per heavy atom. The molecule has 1 aliphatic heterocycles. The predicted octanol–water partition coefficient (Wildman–Crippen LogP) is 3.80. The molecule has 0 saturated carbocycles. The lowest BCUT2D eigenvalue weighted by molar-refractivity contribution is 0.0697. The summed E-state index contributed by atoms with van der Waals surface area (Å²) < 4.78 is 0. The van der Waals surface area contributed by atoms with Crippen molar-refractivity contribution in [2.75, 3.05) is 10.2 Å². The van der Waals surface area contributed by atoms with Crippen LogP contribution in [-0.2, 0) is 0 Å². The molecule has 3 aromatic rings. The summed E-state index contributed by atoms with van der Waals surface area (Å²) in [4.78, 5) is 50.5. The van der Waals surface area contributed by atoms with Crippen molar-refractivity contribution >= 4 is 46.7 Å². The molecule has 0 atom stereocenters. The van der Waals surface area contributed by atoms with E-state index in [1.54, 1.807) is 0 Å². The quantitative estimate of drug-likeness (QED) is 0.534. The summed E-state index contributed by atoms with van der Waals surface area (Å²) in [6, 6.07) is 13.6. The van der Waals surface area contributed by atoms with E-state index in [0.717, 1.165) is 4.90 Å². The van der Waals surface area contributed by atoms with Crippen LogP contribution in [0.5, 0.6) is 5.75 Å². The van der Waals surface area contributed by atoms with Crippen LogP contribution in [0, 0.1) is 0 Å². The number of phenolic OH excluding ortho intramolecular Hbond substituents is 1. The smallest absolute Gasteiger partial charge is 0.337 e. The maximum Gasteiger partial charge on any atom is 0.337 e. The third-order valence-corrected chi connectivity index (χ3v) is 4.93. The molecule has 0 fully saturated rings. The van der Waals surface area contributed by atoms with Crippen molar-refractivity contribution in [3.63, 3.8) is 0 Å². The number of carboxylic acids is 1. The molecular formula is C22H13ClN2O6. The molecule has 0 unspecified atom stereocenters. The van der Waals surface area contributed by atoms with Crippen LogP contribution in [0.4, 0.5) is 11.4 Å². The van der Waals surface area contributed by atoms with Crippen LogP contribution in [0.3, 0.4) is 0 Å². The molecule has 0 bridgehead atoms. The first-order chi connectivity index (χ1) is 14.8. The number of hydrogen-bond acceptors (Lipinski definition) is 5. The van der Waals surface area contributed by atoms with Gasteiger partial charge in [0.2, 0.25) is 0 Å². The van der Waals surface area contributed by atoms with Gasteiger partial charge in [0, 0.05) is 16.7 Å². The van der Waals surface area contributed by atoms with Crippen molar-refractivity contribution in [1.29, 1.82) is 0 Å². The average molecular weight is 437 g/mol. The van der Waals surface area contributed by atoms with Gasteiger partial charge < -0.3 is 15.5 Å². The van der Waals surface area contributed by atoms with Crippen molar-refractivity contribution in [1.82, 2.24) is 0 Å². The fraction of sp³-hybridized carbons (Fsp3) is 0. The molecule has 31 heavy (non-hydrogen) atoms. The Labute approximate surface area is 180 Å². The largest absolute Gasteiger partial charge is 0.508 e. The Morgan fingerprint density at radius 3 is 2.35 bits per heavy atom. The van der Waals surface area contributed by atoms with E-state index in [1.807, 2.05) is 0 Å². The second-order valence-corrected chi connectivity index (χ2v) is 7.11. The molecule has 0 saturated heterocycles. The van der Waals surface area contributed by atoms with Gasteiger partial charge in [0.05, 0.1) is 28.1 Å². The Balaban J connectivity index is 1.66. The molecule has 0 aromatic heterocycles. The van der Waals surface area contributed by atoms with Gasteiger partial charge in [-0.05, 0) is 48.5 Å². The molecule has 0 radical (unpaired) electrons. The summed E-state index contributed by atoms with van der Waals surface area (Å²) in [5.41, 5.74) is 0.218. The number of aromatic carboxylic acids is 1. The van der Waals surface area contributed by atoms with Crippen LogP contribution in [-0.4, -0.2) is 33.9 Å². The number of imide groups is 1. The number of aromatic hydroxyl groups is 1. The maximum atomic E-state index is 12.8. The Kier molecular flexibility index (Phi) is 4.92. The number of nitrogens with one attached hydrogen (secondary N) is 1. The van der Waals surface area contributed by atoms with E-state index >= 15 is 0 Å². The Morgan fingerprint density at radius 2 is 1.65 bits per heavy atom. The molecule has 3 amide bonds. The van der Waals surface area contributed by atoms with Crippen molar-refractivity contribution in [3.8, 4) is 5.75 Å². The van der Waals surface area contributed by atoms with Crippen LogP contribution >= 0.6 is 11.6 Å². The van der Waals surface area contributed by atoms with Crippen LogP contribution in [0.25, 0.3) is 0 Å². The van der Waals surface area contributed by atoms with E-state index in [2.05, 4.69) is 5.32 Å². The minimum Gasteiger partial charge on any atom is -0.508 e. The highest BCUT2D eigenvalue weighted by Gasteiger charge is 2.37. The van der Waals surface area contributed by atoms with Gasteiger partial charge >= 0.3 is 5.97 Å². The summed E-state index contributed by atoms with van der Waals surface area (Å²) in [6.45, 7) is 0. The highest BCUT2D eigenvalue weighted by molar-refractivity contribution is 6.35. The zero-order valence-corrected chi connectivity index (χ0v) is 16.4. The SMILES string of the molecule is O=C(Nc1cc(Cl)ccc1C(=O)O)c1ccc2c(c1)C(=O)N(c1cccc(O)c1)C2=O. The summed E-state index contributed by atoms with van der Waals surface area (Å²) in [7, 11) is 0. The van der Waals surface area contributed by atoms with Crippen molar-refractivity contribution in [2.24, 2.45) is 0 Å². The average Bonchev–Trinajstić information content (AvgIpc) is 2.97. The predicted molar refractivity (Wildman–Crippen MR) is 112 cm³/mol. The standard InChI is InChI=1S/C22H13ClN2O6/c23-12-5-7-16(22(30)31)18(9-12)24-19(27)11-4-6-15-17(8-11)21(29)25(20(15)28)13-2-1-3-14(26)10-13/h1-10,26H,(H,24,27)(H,30,31). The first kappa shape index (κ1) is 20.1. The molecule has 3 aromatic carbocycles. The van der Waals surface area contributed by atoms with Gasteiger partial charge in [-0.15, -0.1) is 0 Å². The van der Waals surface area contributed by atoms with Crippen LogP contribution in [0.15, 0.2) is 60.7 Å². The minimum absolute atomic E-state index is 0.00529. The first-order valence-electron chi connectivity index (χ1n) is 8.92. The number of hydrogen-bond donors (Lipinski definition) is 3. The monoisotopic (exact) mass is 436 g/mol. The fourth-order valence-electron chi connectivity index (χ4n) is 3.25. The second-order valence-electron chi connectivity index (χ2n) is 6.68. The molecule has 0 spiro atoms. The van der Waals surface area contributed by atoms with Gasteiger partial charge in [-0.2, -0.15) is 0 Å². The number of amides is 3. The molecule has 9 heteroatoms. The van der Waals surface area contributed by atoms with Crippen LogP contribution in [0.1, 0.15) is 41.4 Å². The number of benzene rings is 3. The third kappa shape index (κ3) is 3.60.